The smallest absolute Gasteiger partial charge is 0.225 e. The number of aryl methyl sites for hydroxylation is 1. The number of aromatic amines is 1. The molecule has 0 unspecified atom stereocenters. The number of H-pyrrole nitrogens is 1. The van der Waals surface area contributed by atoms with E-state index in [1.165, 1.54) is 5.39 Å². The van der Waals surface area contributed by atoms with E-state index in [1.807, 2.05) is 30.5 Å². The van der Waals surface area contributed by atoms with Gasteiger partial charge in [-0.25, -0.2) is 4.98 Å². The number of pyridine rings is 1. The number of aromatic nitrogens is 2. The number of fused-ring (bicyclic) bond motifs is 1. The van der Waals surface area contributed by atoms with E-state index in [4.69, 9.17) is 0 Å². The lowest BCUT2D eigenvalue weighted by atomic mass is 10.1. The van der Waals surface area contributed by atoms with Crippen molar-refractivity contribution in [2.75, 3.05) is 5.32 Å². The summed E-state index contributed by atoms with van der Waals surface area (Å²) in [6.07, 6.45) is 4.74. The summed E-state index contributed by atoms with van der Waals surface area (Å²) < 4.78 is 0.893. The number of rotatable bonds is 4. The average molecular weight is 344 g/mol. The molecule has 0 radical (unpaired) electrons. The van der Waals surface area contributed by atoms with Gasteiger partial charge in [-0.05, 0) is 30.2 Å². The predicted octanol–water partition coefficient (Wildman–Crippen LogP) is 3.90. The van der Waals surface area contributed by atoms with Gasteiger partial charge in [-0.15, -0.1) is 0 Å². The Morgan fingerprint density at radius 2 is 2.14 bits per heavy atom. The van der Waals surface area contributed by atoms with Crippen LogP contribution >= 0.6 is 15.9 Å². The van der Waals surface area contributed by atoms with Crippen LogP contribution in [0.25, 0.3) is 10.9 Å². The monoisotopic (exact) mass is 343 g/mol. The third kappa shape index (κ3) is 3.31. The Hall–Kier alpha value is -2.14. The zero-order chi connectivity index (χ0) is 14.7. The number of nitrogens with one attached hydrogen (secondary N) is 2. The zero-order valence-electron chi connectivity index (χ0n) is 11.3. The molecule has 0 spiro atoms. The molecule has 106 valence electrons. The average Bonchev–Trinajstić information content (AvgIpc) is 2.88. The third-order valence-corrected chi connectivity index (χ3v) is 3.78. The lowest BCUT2D eigenvalue weighted by Crippen LogP contribution is -2.13. The molecule has 0 fully saturated rings. The standard InChI is InChI=1S/C16H14BrN3O/c17-12-7-8-18-15(9-12)20-16(21)6-5-11-10-19-14-4-2-1-3-13(11)14/h1-4,7-10,19H,5-6H2,(H,18,20,21). The van der Waals surface area contributed by atoms with Gasteiger partial charge >= 0.3 is 0 Å². The van der Waals surface area contributed by atoms with Gasteiger partial charge in [-0.2, -0.15) is 0 Å². The molecule has 4 nitrogen and oxygen atoms in total. The minimum absolute atomic E-state index is 0.0362. The summed E-state index contributed by atoms with van der Waals surface area (Å²) in [5, 5.41) is 3.98. The van der Waals surface area contributed by atoms with E-state index in [9.17, 15) is 4.79 Å². The van der Waals surface area contributed by atoms with E-state index in [-0.39, 0.29) is 5.91 Å². The fourth-order valence-electron chi connectivity index (χ4n) is 2.27. The number of anilines is 1. The highest BCUT2D eigenvalue weighted by molar-refractivity contribution is 9.10. The third-order valence-electron chi connectivity index (χ3n) is 3.29. The summed E-state index contributed by atoms with van der Waals surface area (Å²) in [7, 11) is 0. The van der Waals surface area contributed by atoms with E-state index < -0.39 is 0 Å². The number of para-hydroxylation sites is 1. The van der Waals surface area contributed by atoms with Gasteiger partial charge in [0.2, 0.25) is 5.91 Å². The number of hydrogen-bond donors (Lipinski definition) is 2. The quantitative estimate of drug-likeness (QED) is 0.754. The molecule has 3 rings (SSSR count). The predicted molar refractivity (Wildman–Crippen MR) is 87.2 cm³/mol. The van der Waals surface area contributed by atoms with E-state index >= 15 is 0 Å². The minimum Gasteiger partial charge on any atom is -0.361 e. The second-order valence-electron chi connectivity index (χ2n) is 4.77. The molecule has 0 aliphatic rings. The van der Waals surface area contributed by atoms with E-state index in [1.54, 1.807) is 12.3 Å². The van der Waals surface area contributed by atoms with Crippen LogP contribution in [-0.2, 0) is 11.2 Å². The zero-order valence-corrected chi connectivity index (χ0v) is 12.9. The molecule has 21 heavy (non-hydrogen) atoms. The van der Waals surface area contributed by atoms with Gasteiger partial charge in [-0.1, -0.05) is 34.1 Å². The van der Waals surface area contributed by atoms with Crippen molar-refractivity contribution in [3.8, 4) is 0 Å². The molecule has 1 amide bonds. The van der Waals surface area contributed by atoms with Crippen LogP contribution in [0.15, 0.2) is 53.3 Å². The maximum Gasteiger partial charge on any atom is 0.225 e. The van der Waals surface area contributed by atoms with Crippen LogP contribution in [0, 0.1) is 0 Å². The summed E-state index contributed by atoms with van der Waals surface area (Å²) in [5.74, 6) is 0.527. The van der Waals surface area contributed by atoms with Gasteiger partial charge in [0, 0.05) is 34.2 Å². The van der Waals surface area contributed by atoms with Crippen molar-refractivity contribution in [3.05, 3.63) is 58.8 Å². The lowest BCUT2D eigenvalue weighted by Gasteiger charge is -2.04. The fourth-order valence-corrected chi connectivity index (χ4v) is 2.60. The normalized spacial score (nSPS) is 10.7. The number of carbonyl (C=O) groups excluding carboxylic acids is 1. The Bertz CT molecular complexity index is 782. The van der Waals surface area contributed by atoms with Crippen LogP contribution in [0.1, 0.15) is 12.0 Å². The summed E-state index contributed by atoms with van der Waals surface area (Å²) >= 11 is 3.35. The van der Waals surface area contributed by atoms with Crippen molar-refractivity contribution < 1.29 is 4.79 Å². The van der Waals surface area contributed by atoms with Crippen molar-refractivity contribution >= 4 is 38.6 Å². The summed E-state index contributed by atoms with van der Waals surface area (Å²) in [4.78, 5) is 19.3. The van der Waals surface area contributed by atoms with Gasteiger partial charge in [0.1, 0.15) is 5.82 Å². The van der Waals surface area contributed by atoms with Gasteiger partial charge in [0.25, 0.3) is 0 Å². The van der Waals surface area contributed by atoms with Gasteiger partial charge in [0.05, 0.1) is 0 Å². The first-order valence-electron chi connectivity index (χ1n) is 6.69. The van der Waals surface area contributed by atoms with Crippen LogP contribution in [-0.4, -0.2) is 15.9 Å². The van der Waals surface area contributed by atoms with E-state index in [0.29, 0.717) is 18.7 Å². The van der Waals surface area contributed by atoms with Gasteiger partial charge in [-0.3, -0.25) is 4.79 Å². The molecule has 0 saturated carbocycles. The topological polar surface area (TPSA) is 57.8 Å². The van der Waals surface area contributed by atoms with Crippen molar-refractivity contribution in [3.63, 3.8) is 0 Å². The number of halogens is 1. The van der Waals surface area contributed by atoms with Crippen molar-refractivity contribution in [1.82, 2.24) is 9.97 Å². The largest absolute Gasteiger partial charge is 0.361 e. The second kappa shape index (κ2) is 6.10. The van der Waals surface area contributed by atoms with Crippen molar-refractivity contribution in [2.24, 2.45) is 0 Å². The SMILES string of the molecule is O=C(CCc1c[nH]c2ccccc12)Nc1cc(Br)ccn1. The lowest BCUT2D eigenvalue weighted by molar-refractivity contribution is -0.116. The highest BCUT2D eigenvalue weighted by atomic mass is 79.9. The highest BCUT2D eigenvalue weighted by Gasteiger charge is 2.07. The van der Waals surface area contributed by atoms with Crippen LogP contribution < -0.4 is 5.32 Å². The van der Waals surface area contributed by atoms with Crippen molar-refractivity contribution in [2.45, 2.75) is 12.8 Å². The Morgan fingerprint density at radius 3 is 3.00 bits per heavy atom. The summed E-state index contributed by atoms with van der Waals surface area (Å²) in [6, 6.07) is 11.7. The Labute approximate surface area is 130 Å². The summed E-state index contributed by atoms with van der Waals surface area (Å²) in [5.41, 5.74) is 2.25. The van der Waals surface area contributed by atoms with Crippen molar-refractivity contribution in [1.29, 1.82) is 0 Å². The summed E-state index contributed by atoms with van der Waals surface area (Å²) in [6.45, 7) is 0. The first-order valence-corrected chi connectivity index (χ1v) is 7.48. The van der Waals surface area contributed by atoms with Crippen LogP contribution in [0.5, 0.6) is 0 Å². The second-order valence-corrected chi connectivity index (χ2v) is 5.68. The Balaban J connectivity index is 1.63. The number of carbonyl (C=O) groups is 1. The minimum atomic E-state index is -0.0362. The molecule has 0 aliphatic carbocycles. The van der Waals surface area contributed by atoms with E-state index in [0.717, 1.165) is 15.6 Å². The number of nitrogens with zero attached hydrogens (tertiary/aromatic N) is 1. The molecule has 2 N–H and O–H groups in total. The first-order chi connectivity index (χ1) is 10.2. The number of amides is 1. The molecule has 0 atom stereocenters. The van der Waals surface area contributed by atoms with Gasteiger partial charge < -0.3 is 10.3 Å². The maximum absolute atomic E-state index is 12.0. The molecule has 3 aromatic rings. The Morgan fingerprint density at radius 1 is 1.29 bits per heavy atom. The molecular formula is C16H14BrN3O. The van der Waals surface area contributed by atoms with Crippen LogP contribution in [0.4, 0.5) is 5.82 Å². The number of hydrogen-bond acceptors (Lipinski definition) is 2. The Kier molecular flexibility index (Phi) is 4.01. The first kappa shape index (κ1) is 13.8. The van der Waals surface area contributed by atoms with Gasteiger partial charge in [0.15, 0.2) is 0 Å². The van der Waals surface area contributed by atoms with Crippen LogP contribution in [0.2, 0.25) is 0 Å². The fraction of sp³-hybridized carbons (Fsp3) is 0.125. The molecule has 2 heterocycles. The number of benzene rings is 1. The van der Waals surface area contributed by atoms with E-state index in [2.05, 4.69) is 37.3 Å². The molecule has 1 aromatic carbocycles. The highest BCUT2D eigenvalue weighted by Crippen LogP contribution is 2.19. The molecule has 5 heteroatoms. The van der Waals surface area contributed by atoms with Crippen LogP contribution in [0.3, 0.4) is 0 Å². The molecule has 0 bridgehead atoms. The molecule has 0 aliphatic heterocycles. The molecular weight excluding hydrogens is 330 g/mol. The maximum atomic E-state index is 12.0. The molecule has 2 aromatic heterocycles. The molecule has 0 saturated heterocycles.